The van der Waals surface area contributed by atoms with E-state index in [1.807, 2.05) is 26.8 Å². The van der Waals surface area contributed by atoms with Gasteiger partial charge in [-0.05, 0) is 81.9 Å². The van der Waals surface area contributed by atoms with Gasteiger partial charge in [0.15, 0.2) is 0 Å². The van der Waals surface area contributed by atoms with Crippen LogP contribution in [0.2, 0.25) is 0 Å². The minimum absolute atomic E-state index is 0.0135. The largest absolute Gasteiger partial charge is 0.480 e. The van der Waals surface area contributed by atoms with E-state index in [0.29, 0.717) is 80.7 Å². The molecule has 2 saturated heterocycles. The Morgan fingerprint density at radius 3 is 1.78 bits per heavy atom. The molecule has 4 aromatic rings. The van der Waals surface area contributed by atoms with Crippen molar-refractivity contribution in [3.8, 4) is 0 Å². The van der Waals surface area contributed by atoms with Crippen LogP contribution in [-0.4, -0.2) is 167 Å². The number of aliphatic carboxylic acids is 1. The lowest BCUT2D eigenvalue weighted by Crippen LogP contribution is -2.59. The topological polar surface area (TPSA) is 385 Å². The number of likely N-dealkylation sites (tertiary alicyclic amines) is 1. The first-order valence-electron chi connectivity index (χ1n) is 28.7. The van der Waals surface area contributed by atoms with Crippen molar-refractivity contribution >= 4 is 53.2 Å². The zero-order valence-corrected chi connectivity index (χ0v) is 47.7. The monoisotopic (exact) mass is 1150 g/mol. The fraction of sp³-hybridized carbons (Fsp3) is 0.544. The summed E-state index contributed by atoms with van der Waals surface area (Å²) in [5.74, 6) is -6.49. The quantitative estimate of drug-likeness (QED) is 0.0223. The highest BCUT2D eigenvalue weighted by Crippen LogP contribution is 2.21. The third kappa shape index (κ3) is 20.0. The van der Waals surface area contributed by atoms with Crippen LogP contribution >= 0.6 is 0 Å². The zero-order valence-electron chi connectivity index (χ0n) is 47.7. The van der Waals surface area contributed by atoms with Gasteiger partial charge >= 0.3 is 5.97 Å². The van der Waals surface area contributed by atoms with E-state index in [4.69, 9.17) is 5.73 Å². The van der Waals surface area contributed by atoms with E-state index in [1.165, 1.54) is 48.4 Å². The van der Waals surface area contributed by atoms with Crippen LogP contribution in [0.25, 0.3) is 0 Å². The van der Waals surface area contributed by atoms with Gasteiger partial charge in [-0.25, -0.2) is 19.7 Å². The molecular weight excluding hydrogens is 1070 g/mol. The SMILES string of the molecule is CC[C@@H](C)[C@H](NC(=O)/C=C/[C@H](CC(C)C)NC(=O)[C@H](Cc1cnc[nH]1)NC(=O)[C@H](Cc1ccccc1)NC(=O)[C@H]1CCCN1C(=O)[C@H](Cc1cnc[nH]1)NC(=O)[C@H]1CCCN1)C(=O)N[C@@H](Cc1cnc[nH]1)C(=O)N[C@H](CCCCN)C(=O)O. The van der Waals surface area contributed by atoms with Gasteiger partial charge in [-0.2, -0.15) is 0 Å². The number of nitrogens with two attached hydrogens (primary N) is 1. The number of hydrogen-bond donors (Lipinski definition) is 13. The Morgan fingerprint density at radius 1 is 0.675 bits per heavy atom. The molecule has 0 spiro atoms. The average Bonchev–Trinajstić information content (AvgIpc) is 4.39. The standard InChI is InChI=1S/C57H82N16O10/c1-5-35(4)49(55(80)70-45(26-39-29-60-32-64-39)53(78)67-42(57(82)83)15-9-10-20-58)72-48(74)19-18-37(23-34(2)3)66-51(76)44(25-38-28-59-31-63-38)68-52(77)43(24-36-13-7-6-8-14-36)69-54(79)47-17-12-22-73(47)56(81)46(27-40-30-61-33-65-40)71-50(75)41-16-11-21-62-41/h6-8,13-14,18-19,28-35,37,41-47,49,62H,5,9-12,15-17,20-27,58H2,1-4H3,(H,59,63)(H,60,64)(H,61,65)(H,66,76)(H,67,78)(H,68,77)(H,69,79)(H,70,80)(H,71,75)(H,72,74)(H,82,83)/b19-18+/t35-,37-,41-,42-,43+,44+,45+,46+,47-,49+/m1/s1. The van der Waals surface area contributed by atoms with E-state index >= 15 is 0 Å². The van der Waals surface area contributed by atoms with E-state index in [2.05, 4.69) is 72.4 Å². The van der Waals surface area contributed by atoms with Crippen LogP contribution in [-0.2, 0) is 68.8 Å². The van der Waals surface area contributed by atoms with Gasteiger partial charge in [-0.15, -0.1) is 0 Å². The van der Waals surface area contributed by atoms with Gasteiger partial charge < -0.3 is 73.2 Å². The number of carbonyl (C=O) groups excluding carboxylic acids is 8. The Balaban J connectivity index is 1.17. The van der Waals surface area contributed by atoms with Crippen molar-refractivity contribution in [2.45, 2.75) is 166 Å². The number of hydrogen-bond acceptors (Lipinski definition) is 14. The molecule has 5 heterocycles. The lowest BCUT2D eigenvalue weighted by atomic mass is 9.97. The number of imidazole rings is 3. The van der Waals surface area contributed by atoms with Gasteiger partial charge in [-0.3, -0.25) is 38.4 Å². The summed E-state index contributed by atoms with van der Waals surface area (Å²) >= 11 is 0. The van der Waals surface area contributed by atoms with Crippen LogP contribution < -0.4 is 48.3 Å². The number of H-pyrrole nitrogens is 3. The van der Waals surface area contributed by atoms with Gasteiger partial charge in [0.1, 0.15) is 42.3 Å². The molecule has 26 nitrogen and oxygen atoms in total. The third-order valence-electron chi connectivity index (χ3n) is 14.8. The number of nitrogens with zero attached hydrogens (tertiary/aromatic N) is 4. The van der Waals surface area contributed by atoms with Crippen molar-refractivity contribution in [2.24, 2.45) is 17.6 Å². The van der Waals surface area contributed by atoms with Crippen LogP contribution in [0, 0.1) is 11.8 Å². The number of carbonyl (C=O) groups is 9. The Kier molecular flexibility index (Phi) is 24.9. The van der Waals surface area contributed by atoms with Crippen LogP contribution in [0.4, 0.5) is 0 Å². The number of carboxylic acid groups (broad SMARTS) is 1. The van der Waals surface area contributed by atoms with Crippen molar-refractivity contribution in [3.05, 3.63) is 103 Å². The van der Waals surface area contributed by atoms with Crippen molar-refractivity contribution in [3.63, 3.8) is 0 Å². The summed E-state index contributed by atoms with van der Waals surface area (Å²) in [5, 5.41) is 32.7. The molecule has 3 aromatic heterocycles. The number of aromatic amines is 3. The fourth-order valence-electron chi connectivity index (χ4n) is 10.1. The molecule has 0 saturated carbocycles. The maximum atomic E-state index is 14.7. The summed E-state index contributed by atoms with van der Waals surface area (Å²) in [6.07, 6.45) is 15.7. The number of amides is 8. The first-order valence-corrected chi connectivity index (χ1v) is 28.7. The van der Waals surface area contributed by atoms with Gasteiger partial charge in [0.05, 0.1) is 25.0 Å². The summed E-state index contributed by atoms with van der Waals surface area (Å²) in [6.45, 7) is 8.70. The minimum Gasteiger partial charge on any atom is -0.480 e. The van der Waals surface area contributed by atoms with Crippen LogP contribution in [0.3, 0.4) is 0 Å². The number of rotatable bonds is 33. The van der Waals surface area contributed by atoms with Crippen molar-refractivity contribution in [2.75, 3.05) is 19.6 Å². The molecule has 2 aliphatic rings. The number of unbranched alkanes of at least 4 members (excludes halogenated alkanes) is 1. The molecule has 0 radical (unpaired) electrons. The number of aromatic nitrogens is 6. The Bertz CT molecular complexity index is 2750. The number of nitrogens with one attached hydrogen (secondary N) is 11. The maximum absolute atomic E-state index is 14.7. The van der Waals surface area contributed by atoms with Crippen LogP contribution in [0.1, 0.15) is 108 Å². The summed E-state index contributed by atoms with van der Waals surface area (Å²) < 4.78 is 0. The molecule has 26 heteroatoms. The van der Waals surface area contributed by atoms with Crippen LogP contribution in [0.5, 0.6) is 0 Å². The highest BCUT2D eigenvalue weighted by atomic mass is 16.4. The lowest BCUT2D eigenvalue weighted by molar-refractivity contribution is -0.142. The smallest absolute Gasteiger partial charge is 0.326 e. The number of benzene rings is 1. The average molecular weight is 1150 g/mol. The molecule has 2 aliphatic heterocycles. The van der Waals surface area contributed by atoms with E-state index in [0.717, 1.165) is 6.42 Å². The first-order chi connectivity index (χ1) is 39.9. The molecule has 83 heavy (non-hydrogen) atoms. The Hall–Kier alpha value is -8.26. The van der Waals surface area contributed by atoms with Crippen molar-refractivity contribution in [1.29, 1.82) is 0 Å². The first kappa shape index (κ1) is 63.9. The van der Waals surface area contributed by atoms with Gasteiger partial charge in [-0.1, -0.05) is 70.5 Å². The molecule has 6 rings (SSSR count). The second kappa shape index (κ2) is 32.4. The third-order valence-corrected chi connectivity index (χ3v) is 14.8. The molecule has 2 fully saturated rings. The van der Waals surface area contributed by atoms with Crippen LogP contribution in [0.15, 0.2) is 80.1 Å². The summed E-state index contributed by atoms with van der Waals surface area (Å²) in [4.78, 5) is 148. The van der Waals surface area contributed by atoms with E-state index in [-0.39, 0.29) is 50.5 Å². The molecule has 0 aliphatic carbocycles. The molecule has 0 bridgehead atoms. The van der Waals surface area contributed by atoms with Gasteiger partial charge in [0.2, 0.25) is 47.3 Å². The van der Waals surface area contributed by atoms with Crippen molar-refractivity contribution < 1.29 is 48.3 Å². The molecule has 8 amide bonds. The van der Waals surface area contributed by atoms with Gasteiger partial charge in [0.25, 0.3) is 0 Å². The second-order valence-electron chi connectivity index (χ2n) is 21.8. The van der Waals surface area contributed by atoms with E-state index in [1.54, 1.807) is 37.4 Å². The number of carboxylic acids is 1. The minimum atomic E-state index is -1.25. The van der Waals surface area contributed by atoms with E-state index in [9.17, 15) is 48.3 Å². The molecule has 10 atom stereocenters. The Labute approximate surface area is 482 Å². The normalized spacial score (nSPS) is 18.0. The molecule has 14 N–H and O–H groups in total. The predicted molar refractivity (Wildman–Crippen MR) is 305 cm³/mol. The lowest BCUT2D eigenvalue weighted by Gasteiger charge is -2.30. The summed E-state index contributed by atoms with van der Waals surface area (Å²) in [7, 11) is 0. The van der Waals surface area contributed by atoms with Crippen molar-refractivity contribution in [1.82, 2.24) is 77.3 Å². The Morgan fingerprint density at radius 2 is 1.24 bits per heavy atom. The highest BCUT2D eigenvalue weighted by Gasteiger charge is 2.41. The molecule has 450 valence electrons. The molecular formula is C57H82N16O10. The molecule has 0 unspecified atom stereocenters. The highest BCUT2D eigenvalue weighted by molar-refractivity contribution is 5.98. The predicted octanol–water partition coefficient (Wildman–Crippen LogP) is 0.125. The summed E-state index contributed by atoms with van der Waals surface area (Å²) in [6, 6.07) is -0.347. The molecule has 1 aromatic carbocycles. The second-order valence-corrected chi connectivity index (χ2v) is 21.8. The van der Waals surface area contributed by atoms with Gasteiger partial charge in [0, 0.05) is 80.0 Å². The fourth-order valence-corrected chi connectivity index (χ4v) is 10.1. The zero-order chi connectivity index (χ0) is 59.8. The van der Waals surface area contributed by atoms with E-state index < -0.39 is 108 Å². The maximum Gasteiger partial charge on any atom is 0.326 e. The summed E-state index contributed by atoms with van der Waals surface area (Å²) in [5.41, 5.74) is 7.91.